The average molecular weight is 112 g/mol. The smallest absolute Gasteiger partial charge is 0.358 e. The Morgan fingerprint density at radius 1 is 1.50 bits per heavy atom. The van der Waals surface area contributed by atoms with Crippen molar-refractivity contribution in [2.24, 2.45) is 5.73 Å². The summed E-state index contributed by atoms with van der Waals surface area (Å²) in [5.41, 5.74) is 4.97. The number of rotatable bonds is 1. The largest absolute Gasteiger partial charge is 1.00 e. The molecule has 0 spiro atoms. The van der Waals surface area contributed by atoms with E-state index >= 15 is 0 Å². The Hall–Kier alpha value is 1.60. The van der Waals surface area contributed by atoms with Gasteiger partial charge in [0, 0.05) is 0 Å². The molecule has 0 aromatic rings. The summed E-state index contributed by atoms with van der Waals surface area (Å²) in [5.74, 6) is 0. The molecule has 0 saturated carbocycles. The summed E-state index contributed by atoms with van der Waals surface area (Å²) in [7, 11) is 0. The molecule has 0 fully saturated rings. The summed E-state index contributed by atoms with van der Waals surface area (Å²) < 4.78 is 0. The molecule has 0 heterocycles. The van der Waals surface area contributed by atoms with E-state index in [9.17, 15) is 0 Å². The molecule has 0 unspecified atom stereocenters. The van der Waals surface area contributed by atoms with Crippen molar-refractivity contribution in [1.29, 1.82) is 0 Å². The zero-order valence-electron chi connectivity index (χ0n) is 4.70. The Morgan fingerprint density at radius 3 is 1.67 bits per heavy atom. The van der Waals surface area contributed by atoms with E-state index in [0.717, 1.165) is 6.42 Å². The zero-order valence-corrected chi connectivity index (χ0v) is 7.82. The van der Waals surface area contributed by atoms with Gasteiger partial charge < -0.3 is 20.1 Å². The van der Waals surface area contributed by atoms with Crippen molar-refractivity contribution in [2.45, 2.75) is 6.42 Å². The molecule has 0 aliphatic carbocycles. The summed E-state index contributed by atoms with van der Waals surface area (Å²) in [4.78, 5) is 0. The molecule has 0 aromatic carbocycles. The summed E-state index contributed by atoms with van der Waals surface area (Å²) >= 11 is 0. The third-order valence-electron chi connectivity index (χ3n) is 0.204. The maximum Gasteiger partial charge on any atom is 1.00 e. The first-order valence-corrected chi connectivity index (χ1v) is 1.41. The molecular weight excluding hydrogens is 101 g/mol. The van der Waals surface area contributed by atoms with Crippen LogP contribution in [-0.4, -0.2) is 6.54 Å². The van der Waals surface area contributed by atoms with Gasteiger partial charge in [-0.1, -0.05) is 0 Å². The zero-order chi connectivity index (χ0) is 3.41. The molecule has 0 aliphatic rings. The maximum absolute atomic E-state index is 4.97. The molecule has 2 N–H and O–H groups in total. The predicted molar refractivity (Wildman–Crippen MR) is 25.4 cm³/mol. The van der Waals surface area contributed by atoms with Crippen LogP contribution < -0.4 is 57.1 Å². The van der Waals surface area contributed by atoms with E-state index in [2.05, 4.69) is 6.92 Å². The minimum atomic E-state index is 0. The fraction of sp³-hybridized carbons (Fsp3) is 0.500. The van der Waals surface area contributed by atoms with Gasteiger partial charge >= 0.3 is 51.4 Å². The first-order valence-electron chi connectivity index (χ1n) is 1.41. The fourth-order valence-electron chi connectivity index (χ4n) is 0. The normalized spacial score (nSPS) is 5.00. The van der Waals surface area contributed by atoms with Gasteiger partial charge in [-0.25, -0.2) is 0 Å². The quantitative estimate of drug-likeness (QED) is 0.298. The minimum Gasteiger partial charge on any atom is -0.358 e. The van der Waals surface area contributed by atoms with E-state index in [0.29, 0.717) is 6.54 Å². The second-order valence-corrected chi connectivity index (χ2v) is 0.642. The van der Waals surface area contributed by atoms with Crippen molar-refractivity contribution in [3.8, 4) is 0 Å². The van der Waals surface area contributed by atoms with Crippen LogP contribution in [0.4, 0.5) is 0 Å². The number of hydrogen-bond donors (Lipinski definition) is 1. The Morgan fingerprint density at radius 2 is 1.67 bits per heavy atom. The molecule has 0 amide bonds. The summed E-state index contributed by atoms with van der Waals surface area (Å²) in [5, 5.41) is 0. The molecule has 0 rings (SSSR count). The predicted octanol–water partition coefficient (Wildman–Crippen LogP) is -2.38. The molecule has 0 aliphatic heterocycles. The Balaban J connectivity index is -0.0000000450. The second kappa shape index (κ2) is 16.0. The van der Waals surface area contributed by atoms with Gasteiger partial charge in [0.25, 0.3) is 0 Å². The Labute approximate surface area is 83.1 Å². The van der Waals surface area contributed by atoms with Gasteiger partial charge in [0.15, 0.2) is 0 Å². The standard InChI is InChI=1S/C3H8N.CH3.K/c1-2-3-4;;/h1-4H2;1H3;/q2*-1;+1. The SMILES string of the molecule is [CH2-]CCN.[CH3-].[K+]. The molecule has 0 radical (unpaired) electrons. The van der Waals surface area contributed by atoms with Crippen molar-refractivity contribution >= 4 is 0 Å². The van der Waals surface area contributed by atoms with Crippen molar-refractivity contribution in [2.75, 3.05) is 6.54 Å². The number of hydrogen-bond acceptors (Lipinski definition) is 1. The van der Waals surface area contributed by atoms with Crippen LogP contribution in [0.2, 0.25) is 0 Å². The molecule has 0 atom stereocenters. The molecule has 6 heavy (non-hydrogen) atoms. The summed E-state index contributed by atoms with van der Waals surface area (Å²) in [6.07, 6.45) is 0.847. The molecule has 34 valence electrons. The van der Waals surface area contributed by atoms with Gasteiger partial charge in [-0.15, -0.1) is 0 Å². The third-order valence-corrected chi connectivity index (χ3v) is 0.204. The molecule has 2 heteroatoms. The van der Waals surface area contributed by atoms with Crippen LogP contribution in [0.5, 0.6) is 0 Å². The fourth-order valence-corrected chi connectivity index (χ4v) is 0. The van der Waals surface area contributed by atoms with Crippen LogP contribution in [0.1, 0.15) is 6.42 Å². The molecule has 0 aromatic heterocycles. The van der Waals surface area contributed by atoms with E-state index in [4.69, 9.17) is 5.73 Å². The second-order valence-electron chi connectivity index (χ2n) is 0.642. The van der Waals surface area contributed by atoms with Crippen molar-refractivity contribution < 1.29 is 51.4 Å². The number of nitrogens with two attached hydrogens (primary N) is 1. The van der Waals surface area contributed by atoms with Gasteiger partial charge in [-0.05, 0) is 6.54 Å². The minimum absolute atomic E-state index is 0. The summed E-state index contributed by atoms with van der Waals surface area (Å²) in [6.45, 7) is 4.19. The Kier molecular flexibility index (Phi) is 41.7. The van der Waals surface area contributed by atoms with Crippen LogP contribution in [0.25, 0.3) is 0 Å². The maximum atomic E-state index is 4.97. The summed E-state index contributed by atoms with van der Waals surface area (Å²) in [6, 6.07) is 0. The molecule has 1 nitrogen and oxygen atoms in total. The first-order chi connectivity index (χ1) is 1.91. The van der Waals surface area contributed by atoms with Crippen molar-refractivity contribution in [1.82, 2.24) is 0 Å². The monoisotopic (exact) mass is 112 g/mol. The van der Waals surface area contributed by atoms with Crippen LogP contribution in [0.3, 0.4) is 0 Å². The van der Waals surface area contributed by atoms with E-state index < -0.39 is 0 Å². The topological polar surface area (TPSA) is 26.0 Å². The molecule has 0 saturated heterocycles. The van der Waals surface area contributed by atoms with E-state index in [1.54, 1.807) is 0 Å². The van der Waals surface area contributed by atoms with Crippen LogP contribution in [-0.2, 0) is 0 Å². The molecular formula is C4H11KN-. The molecule has 0 bridgehead atoms. The third kappa shape index (κ3) is 17.5. The van der Waals surface area contributed by atoms with Gasteiger partial charge in [0.2, 0.25) is 0 Å². The van der Waals surface area contributed by atoms with Crippen LogP contribution in [0.15, 0.2) is 0 Å². The van der Waals surface area contributed by atoms with E-state index in [1.165, 1.54) is 0 Å². The van der Waals surface area contributed by atoms with Gasteiger partial charge in [0.1, 0.15) is 0 Å². The van der Waals surface area contributed by atoms with E-state index in [1.807, 2.05) is 0 Å². The van der Waals surface area contributed by atoms with Crippen molar-refractivity contribution in [3.63, 3.8) is 0 Å². The first kappa shape index (κ1) is 15.6. The average Bonchev–Trinajstić information content (AvgIpc) is 1.37. The van der Waals surface area contributed by atoms with Crippen LogP contribution >= 0.6 is 0 Å². The van der Waals surface area contributed by atoms with Crippen LogP contribution in [0, 0.1) is 14.4 Å². The van der Waals surface area contributed by atoms with Gasteiger partial charge in [-0.3, -0.25) is 0 Å². The van der Waals surface area contributed by atoms with Gasteiger partial charge in [-0.2, -0.15) is 6.42 Å². The van der Waals surface area contributed by atoms with Crippen molar-refractivity contribution in [3.05, 3.63) is 14.4 Å². The Bertz CT molecular complexity index is 9.51. The van der Waals surface area contributed by atoms with Gasteiger partial charge in [0.05, 0.1) is 0 Å². The van der Waals surface area contributed by atoms with E-state index in [-0.39, 0.29) is 58.8 Å².